The Bertz CT molecular complexity index is 405. The minimum Gasteiger partial charge on any atom is -0.468 e. The van der Waals surface area contributed by atoms with Crippen LogP contribution in [0.5, 0.6) is 0 Å². The number of ether oxygens (including phenoxy) is 1. The van der Waals surface area contributed by atoms with Crippen molar-refractivity contribution in [2.45, 2.75) is 25.4 Å². The first-order valence-electron chi connectivity index (χ1n) is 4.95. The summed E-state index contributed by atoms with van der Waals surface area (Å²) in [6, 6.07) is 4.50. The number of hydrogen-bond donors (Lipinski definition) is 0. The second-order valence-corrected chi connectivity index (χ2v) is 4.19. The first kappa shape index (κ1) is 13.5. The van der Waals surface area contributed by atoms with Gasteiger partial charge in [-0.15, -0.1) is 0 Å². The number of benzene rings is 1. The fraction of sp³-hybridized carbons (Fsp3) is 0.417. The molecule has 0 spiro atoms. The minimum absolute atomic E-state index is 0.484. The predicted molar refractivity (Wildman–Crippen MR) is 56.5 cm³/mol. The van der Waals surface area contributed by atoms with E-state index in [-0.39, 0.29) is 0 Å². The molecule has 0 heterocycles. The molecule has 1 rings (SSSR count). The highest BCUT2D eigenvalue weighted by atomic mass is 19.4. The standard InChI is InChI=1S/C12H13F3O2/c1-11(2,10(16)17-3)8-4-6-9(7-5-8)12(13,14)15/h4-7H,1-3H3. The van der Waals surface area contributed by atoms with Crippen molar-refractivity contribution in [1.82, 2.24) is 0 Å². The number of carbonyl (C=O) groups is 1. The molecule has 0 unspecified atom stereocenters. The fourth-order valence-corrected chi connectivity index (χ4v) is 1.45. The number of halogens is 3. The van der Waals surface area contributed by atoms with Crippen molar-refractivity contribution in [3.8, 4) is 0 Å². The van der Waals surface area contributed by atoms with Crippen LogP contribution in [0.15, 0.2) is 24.3 Å². The third-order valence-electron chi connectivity index (χ3n) is 2.63. The smallest absolute Gasteiger partial charge is 0.416 e. The summed E-state index contributed by atoms with van der Waals surface area (Å²) < 4.78 is 41.7. The average Bonchev–Trinajstić information content (AvgIpc) is 2.27. The van der Waals surface area contributed by atoms with Crippen molar-refractivity contribution in [1.29, 1.82) is 0 Å². The van der Waals surface area contributed by atoms with Crippen LogP contribution in [-0.2, 0) is 21.1 Å². The number of carbonyl (C=O) groups excluding carboxylic acids is 1. The minimum atomic E-state index is -4.37. The first-order valence-corrected chi connectivity index (χ1v) is 4.95. The SMILES string of the molecule is COC(=O)C(C)(C)c1ccc(C(F)(F)F)cc1. The van der Waals surface area contributed by atoms with Crippen molar-refractivity contribution in [3.05, 3.63) is 35.4 Å². The summed E-state index contributed by atoms with van der Waals surface area (Å²) in [6.45, 7) is 3.20. The predicted octanol–water partition coefficient (Wildman–Crippen LogP) is 3.16. The molecule has 0 bridgehead atoms. The molecule has 0 amide bonds. The Balaban J connectivity index is 3.07. The van der Waals surface area contributed by atoms with E-state index in [9.17, 15) is 18.0 Å². The first-order chi connectivity index (χ1) is 7.69. The average molecular weight is 246 g/mol. The van der Waals surface area contributed by atoms with Crippen LogP contribution in [0.2, 0.25) is 0 Å². The van der Waals surface area contributed by atoms with Gasteiger partial charge in [-0.05, 0) is 31.5 Å². The van der Waals surface area contributed by atoms with Crippen LogP contribution >= 0.6 is 0 Å². The van der Waals surface area contributed by atoms with E-state index in [0.717, 1.165) is 12.1 Å². The lowest BCUT2D eigenvalue weighted by atomic mass is 9.84. The molecule has 94 valence electrons. The molecule has 0 aromatic heterocycles. The molecular weight excluding hydrogens is 233 g/mol. The topological polar surface area (TPSA) is 26.3 Å². The van der Waals surface area contributed by atoms with Crippen LogP contribution in [0.3, 0.4) is 0 Å². The van der Waals surface area contributed by atoms with E-state index in [1.807, 2.05) is 0 Å². The summed E-state index contributed by atoms with van der Waals surface area (Å²) in [7, 11) is 1.24. The van der Waals surface area contributed by atoms with Crippen molar-refractivity contribution in [3.63, 3.8) is 0 Å². The van der Waals surface area contributed by atoms with Gasteiger partial charge in [0.25, 0.3) is 0 Å². The maximum Gasteiger partial charge on any atom is 0.416 e. The second kappa shape index (κ2) is 4.39. The van der Waals surface area contributed by atoms with Crippen LogP contribution in [0.4, 0.5) is 13.2 Å². The van der Waals surface area contributed by atoms with Gasteiger partial charge in [0.2, 0.25) is 0 Å². The Labute approximate surface area is 97.4 Å². The van der Waals surface area contributed by atoms with Crippen LogP contribution < -0.4 is 0 Å². The zero-order valence-corrected chi connectivity index (χ0v) is 9.76. The number of methoxy groups -OCH3 is 1. The van der Waals surface area contributed by atoms with Crippen molar-refractivity contribution in [2.75, 3.05) is 7.11 Å². The lowest BCUT2D eigenvalue weighted by molar-refractivity contribution is -0.146. The zero-order chi connectivity index (χ0) is 13.3. The summed E-state index contributed by atoms with van der Waals surface area (Å²) in [4.78, 5) is 11.5. The number of alkyl halides is 3. The Morgan fingerprint density at radius 1 is 1.06 bits per heavy atom. The third kappa shape index (κ3) is 2.78. The van der Waals surface area contributed by atoms with E-state index >= 15 is 0 Å². The van der Waals surface area contributed by atoms with Gasteiger partial charge in [0.1, 0.15) is 0 Å². The molecule has 0 aliphatic rings. The van der Waals surface area contributed by atoms with Gasteiger partial charge in [0.05, 0.1) is 18.1 Å². The van der Waals surface area contributed by atoms with Gasteiger partial charge in [-0.2, -0.15) is 13.2 Å². The van der Waals surface area contributed by atoms with Gasteiger partial charge in [0.15, 0.2) is 0 Å². The number of hydrogen-bond acceptors (Lipinski definition) is 2. The van der Waals surface area contributed by atoms with Crippen LogP contribution in [-0.4, -0.2) is 13.1 Å². The Hall–Kier alpha value is -1.52. The van der Waals surface area contributed by atoms with Crippen molar-refractivity contribution >= 4 is 5.97 Å². The van der Waals surface area contributed by atoms with Gasteiger partial charge in [-0.25, -0.2) is 0 Å². The van der Waals surface area contributed by atoms with Crippen molar-refractivity contribution < 1.29 is 22.7 Å². The molecule has 0 radical (unpaired) electrons. The van der Waals surface area contributed by atoms with E-state index in [1.165, 1.54) is 19.2 Å². The summed E-state index contributed by atoms with van der Waals surface area (Å²) in [6.07, 6.45) is -4.37. The molecule has 0 fully saturated rings. The Morgan fingerprint density at radius 3 is 1.82 bits per heavy atom. The highest BCUT2D eigenvalue weighted by molar-refractivity contribution is 5.82. The molecule has 0 saturated heterocycles. The van der Waals surface area contributed by atoms with Crippen LogP contribution in [0.1, 0.15) is 25.0 Å². The number of esters is 1. The van der Waals surface area contributed by atoms with Crippen LogP contribution in [0, 0.1) is 0 Å². The molecular formula is C12H13F3O2. The summed E-state index contributed by atoms with van der Waals surface area (Å²) in [5.74, 6) is -0.489. The molecule has 0 atom stereocenters. The maximum atomic E-state index is 12.3. The van der Waals surface area contributed by atoms with E-state index < -0.39 is 23.1 Å². The lowest BCUT2D eigenvalue weighted by Crippen LogP contribution is -2.30. The van der Waals surface area contributed by atoms with Gasteiger partial charge >= 0.3 is 12.1 Å². The molecule has 2 nitrogen and oxygen atoms in total. The molecule has 5 heteroatoms. The monoisotopic (exact) mass is 246 g/mol. The molecule has 0 aliphatic heterocycles. The van der Waals surface area contributed by atoms with E-state index in [4.69, 9.17) is 0 Å². The van der Waals surface area contributed by atoms with Gasteiger partial charge in [-0.3, -0.25) is 4.79 Å². The maximum absolute atomic E-state index is 12.3. The second-order valence-electron chi connectivity index (χ2n) is 4.19. The fourth-order valence-electron chi connectivity index (χ4n) is 1.45. The van der Waals surface area contributed by atoms with Gasteiger partial charge in [0, 0.05) is 0 Å². The Kier molecular flexibility index (Phi) is 3.50. The molecule has 1 aromatic rings. The molecule has 0 saturated carbocycles. The third-order valence-corrected chi connectivity index (χ3v) is 2.63. The van der Waals surface area contributed by atoms with Gasteiger partial charge in [-0.1, -0.05) is 12.1 Å². The highest BCUT2D eigenvalue weighted by Crippen LogP contribution is 2.31. The molecule has 17 heavy (non-hydrogen) atoms. The summed E-state index contributed by atoms with van der Waals surface area (Å²) in [5, 5.41) is 0. The van der Waals surface area contributed by atoms with Gasteiger partial charge < -0.3 is 4.74 Å². The molecule has 0 aliphatic carbocycles. The van der Waals surface area contributed by atoms with E-state index in [1.54, 1.807) is 13.8 Å². The highest BCUT2D eigenvalue weighted by Gasteiger charge is 2.33. The van der Waals surface area contributed by atoms with E-state index in [2.05, 4.69) is 4.74 Å². The summed E-state index contributed by atoms with van der Waals surface area (Å²) in [5.41, 5.74) is -1.21. The Morgan fingerprint density at radius 2 is 1.47 bits per heavy atom. The normalized spacial score (nSPS) is 12.4. The van der Waals surface area contributed by atoms with Crippen molar-refractivity contribution in [2.24, 2.45) is 0 Å². The zero-order valence-electron chi connectivity index (χ0n) is 9.76. The summed E-state index contributed by atoms with van der Waals surface area (Å²) >= 11 is 0. The largest absolute Gasteiger partial charge is 0.468 e. The molecule has 1 aromatic carbocycles. The molecule has 0 N–H and O–H groups in total. The number of rotatable bonds is 2. The quantitative estimate of drug-likeness (QED) is 0.749. The van der Waals surface area contributed by atoms with E-state index in [0.29, 0.717) is 5.56 Å². The van der Waals surface area contributed by atoms with Crippen LogP contribution in [0.25, 0.3) is 0 Å². The lowest BCUT2D eigenvalue weighted by Gasteiger charge is -2.22.